The fraction of sp³-hybridized carbons (Fsp3) is 0.278. The summed E-state index contributed by atoms with van der Waals surface area (Å²) in [5.74, 6) is 0.433. The first-order valence-corrected chi connectivity index (χ1v) is 8.18. The summed E-state index contributed by atoms with van der Waals surface area (Å²) in [5.41, 5.74) is 1.17. The van der Waals surface area contributed by atoms with Crippen LogP contribution in [0, 0.1) is 0 Å². The molecule has 0 spiro atoms. The molecule has 0 unspecified atom stereocenters. The van der Waals surface area contributed by atoms with Gasteiger partial charge in [-0.25, -0.2) is 4.98 Å². The van der Waals surface area contributed by atoms with Crippen LogP contribution < -0.4 is 15.7 Å². The maximum atomic E-state index is 12.2. The van der Waals surface area contributed by atoms with E-state index in [2.05, 4.69) is 15.3 Å². The SMILES string of the molecule is O=c1ccc2cnc(Nc3ccccc3)nc2n1OC1CCCC1. The number of hydrogen-bond acceptors (Lipinski definition) is 5. The minimum Gasteiger partial charge on any atom is -0.405 e. The van der Waals surface area contributed by atoms with Gasteiger partial charge in [0.1, 0.15) is 6.10 Å². The van der Waals surface area contributed by atoms with Crippen molar-refractivity contribution in [3.05, 3.63) is 59.0 Å². The summed E-state index contributed by atoms with van der Waals surface area (Å²) in [6.45, 7) is 0. The molecule has 0 amide bonds. The zero-order chi connectivity index (χ0) is 16.4. The van der Waals surface area contributed by atoms with E-state index in [1.807, 2.05) is 30.3 Å². The summed E-state index contributed by atoms with van der Waals surface area (Å²) in [4.78, 5) is 27.0. The Balaban J connectivity index is 1.72. The zero-order valence-electron chi connectivity index (χ0n) is 13.2. The van der Waals surface area contributed by atoms with Crippen molar-refractivity contribution in [2.24, 2.45) is 0 Å². The van der Waals surface area contributed by atoms with Crippen molar-refractivity contribution >= 4 is 22.7 Å². The van der Waals surface area contributed by atoms with Crippen LogP contribution in [0.5, 0.6) is 0 Å². The molecule has 2 aromatic heterocycles. The molecule has 1 aliphatic carbocycles. The van der Waals surface area contributed by atoms with Gasteiger partial charge in [0, 0.05) is 23.3 Å². The number of nitrogens with one attached hydrogen (secondary N) is 1. The van der Waals surface area contributed by atoms with Crippen molar-refractivity contribution in [2.45, 2.75) is 31.8 Å². The zero-order valence-corrected chi connectivity index (χ0v) is 13.2. The Labute approximate surface area is 139 Å². The molecule has 0 atom stereocenters. The molecule has 1 N–H and O–H groups in total. The van der Waals surface area contributed by atoms with Crippen LogP contribution in [0.1, 0.15) is 25.7 Å². The van der Waals surface area contributed by atoms with Gasteiger partial charge in [-0.3, -0.25) is 4.79 Å². The first kappa shape index (κ1) is 14.7. The number of aromatic nitrogens is 3. The second-order valence-electron chi connectivity index (χ2n) is 5.94. The van der Waals surface area contributed by atoms with Crippen LogP contribution in [-0.4, -0.2) is 20.8 Å². The van der Waals surface area contributed by atoms with E-state index in [1.165, 1.54) is 10.8 Å². The fourth-order valence-electron chi connectivity index (χ4n) is 2.95. The second-order valence-corrected chi connectivity index (χ2v) is 5.94. The molecule has 3 aromatic rings. The molecule has 0 radical (unpaired) electrons. The number of hydrogen-bond donors (Lipinski definition) is 1. The van der Waals surface area contributed by atoms with Crippen molar-refractivity contribution in [2.75, 3.05) is 5.32 Å². The molecule has 1 aliphatic rings. The number of nitrogens with zero attached hydrogens (tertiary/aromatic N) is 3. The van der Waals surface area contributed by atoms with Gasteiger partial charge in [-0.1, -0.05) is 18.2 Å². The van der Waals surface area contributed by atoms with E-state index in [0.29, 0.717) is 11.6 Å². The summed E-state index contributed by atoms with van der Waals surface area (Å²) in [7, 11) is 0. The molecular weight excluding hydrogens is 304 g/mol. The van der Waals surface area contributed by atoms with E-state index in [4.69, 9.17) is 4.84 Å². The third kappa shape index (κ3) is 2.95. The monoisotopic (exact) mass is 322 g/mol. The summed E-state index contributed by atoms with van der Waals surface area (Å²) >= 11 is 0. The predicted molar refractivity (Wildman–Crippen MR) is 92.4 cm³/mol. The average Bonchev–Trinajstić information content (AvgIpc) is 3.12. The van der Waals surface area contributed by atoms with E-state index in [0.717, 1.165) is 36.8 Å². The van der Waals surface area contributed by atoms with Gasteiger partial charge in [0.15, 0.2) is 5.65 Å². The summed E-state index contributed by atoms with van der Waals surface area (Å²) in [6, 6.07) is 12.9. The molecular formula is C18H18N4O2. The van der Waals surface area contributed by atoms with E-state index in [1.54, 1.807) is 12.3 Å². The van der Waals surface area contributed by atoms with Crippen LogP contribution in [0.3, 0.4) is 0 Å². The molecule has 6 heteroatoms. The maximum Gasteiger partial charge on any atom is 0.285 e. The smallest absolute Gasteiger partial charge is 0.285 e. The van der Waals surface area contributed by atoms with Crippen LogP contribution in [0.15, 0.2) is 53.5 Å². The molecule has 24 heavy (non-hydrogen) atoms. The Morgan fingerprint density at radius 3 is 2.67 bits per heavy atom. The number of anilines is 2. The number of pyridine rings is 1. The molecule has 1 saturated carbocycles. The lowest BCUT2D eigenvalue weighted by Crippen LogP contribution is -2.32. The minimum absolute atomic E-state index is 0.0776. The molecule has 2 heterocycles. The van der Waals surface area contributed by atoms with Gasteiger partial charge in [0.05, 0.1) is 0 Å². The Bertz CT molecular complexity index is 902. The van der Waals surface area contributed by atoms with Crippen molar-refractivity contribution < 1.29 is 4.84 Å². The quantitative estimate of drug-likeness (QED) is 0.800. The van der Waals surface area contributed by atoms with Crippen molar-refractivity contribution in [3.63, 3.8) is 0 Å². The molecule has 1 fully saturated rings. The first-order chi connectivity index (χ1) is 11.8. The summed E-state index contributed by atoms with van der Waals surface area (Å²) in [6.07, 6.45) is 6.00. The Morgan fingerprint density at radius 2 is 1.88 bits per heavy atom. The largest absolute Gasteiger partial charge is 0.405 e. The highest BCUT2D eigenvalue weighted by atomic mass is 16.7. The minimum atomic E-state index is -0.209. The lowest BCUT2D eigenvalue weighted by atomic mass is 10.3. The van der Waals surface area contributed by atoms with E-state index in [-0.39, 0.29) is 11.7 Å². The highest BCUT2D eigenvalue weighted by Gasteiger charge is 2.19. The average molecular weight is 322 g/mol. The van der Waals surface area contributed by atoms with Gasteiger partial charge in [-0.2, -0.15) is 4.98 Å². The predicted octanol–water partition coefficient (Wildman–Crippen LogP) is 2.91. The van der Waals surface area contributed by atoms with Gasteiger partial charge in [-0.05, 0) is 43.9 Å². The Hall–Kier alpha value is -2.89. The first-order valence-electron chi connectivity index (χ1n) is 8.18. The lowest BCUT2D eigenvalue weighted by Gasteiger charge is -2.16. The van der Waals surface area contributed by atoms with Crippen molar-refractivity contribution in [1.82, 2.24) is 14.7 Å². The standard InChI is InChI=1S/C18H18N4O2/c23-16-11-10-13-12-19-18(20-14-6-2-1-3-7-14)21-17(13)22(16)24-15-8-4-5-9-15/h1-3,6-7,10-12,15H,4-5,8-9H2,(H,19,20,21). The topological polar surface area (TPSA) is 69.0 Å². The van der Waals surface area contributed by atoms with E-state index >= 15 is 0 Å². The number of rotatable bonds is 4. The molecule has 0 aliphatic heterocycles. The second kappa shape index (κ2) is 6.31. The van der Waals surface area contributed by atoms with E-state index in [9.17, 15) is 4.79 Å². The van der Waals surface area contributed by atoms with Crippen LogP contribution in [0.25, 0.3) is 11.0 Å². The third-order valence-electron chi connectivity index (χ3n) is 4.18. The van der Waals surface area contributed by atoms with Gasteiger partial charge in [0.2, 0.25) is 5.95 Å². The van der Waals surface area contributed by atoms with Crippen molar-refractivity contribution in [1.29, 1.82) is 0 Å². The molecule has 6 nitrogen and oxygen atoms in total. The number of benzene rings is 1. The van der Waals surface area contributed by atoms with Gasteiger partial charge < -0.3 is 10.2 Å². The van der Waals surface area contributed by atoms with Gasteiger partial charge in [0.25, 0.3) is 5.56 Å². The molecule has 0 saturated heterocycles. The highest BCUT2D eigenvalue weighted by molar-refractivity contribution is 5.75. The normalized spacial score (nSPS) is 14.8. The molecule has 1 aromatic carbocycles. The Morgan fingerprint density at radius 1 is 1.08 bits per heavy atom. The van der Waals surface area contributed by atoms with Crippen LogP contribution >= 0.6 is 0 Å². The molecule has 4 rings (SSSR count). The van der Waals surface area contributed by atoms with Crippen molar-refractivity contribution in [3.8, 4) is 0 Å². The van der Waals surface area contributed by atoms with Crippen LogP contribution in [-0.2, 0) is 0 Å². The third-order valence-corrected chi connectivity index (χ3v) is 4.18. The number of fused-ring (bicyclic) bond motifs is 1. The maximum absolute atomic E-state index is 12.2. The number of para-hydroxylation sites is 1. The Kier molecular flexibility index (Phi) is 3.86. The van der Waals surface area contributed by atoms with E-state index < -0.39 is 0 Å². The highest BCUT2D eigenvalue weighted by Crippen LogP contribution is 2.20. The lowest BCUT2D eigenvalue weighted by molar-refractivity contribution is 0.0422. The molecule has 122 valence electrons. The van der Waals surface area contributed by atoms with Crippen LogP contribution in [0.2, 0.25) is 0 Å². The fourth-order valence-corrected chi connectivity index (χ4v) is 2.95. The molecule has 0 bridgehead atoms. The van der Waals surface area contributed by atoms with Gasteiger partial charge in [-0.15, -0.1) is 4.73 Å². The van der Waals surface area contributed by atoms with Crippen LogP contribution in [0.4, 0.5) is 11.6 Å². The summed E-state index contributed by atoms with van der Waals surface area (Å²) < 4.78 is 1.31. The summed E-state index contributed by atoms with van der Waals surface area (Å²) in [5, 5.41) is 3.91. The van der Waals surface area contributed by atoms with Gasteiger partial charge >= 0.3 is 0 Å².